The van der Waals surface area contributed by atoms with Crippen LogP contribution in [0.25, 0.3) is 10.8 Å². The molecule has 0 saturated carbocycles. The highest BCUT2D eigenvalue weighted by Crippen LogP contribution is 2.13. The number of anilines is 2. The van der Waals surface area contributed by atoms with Gasteiger partial charge in [0, 0.05) is 11.5 Å². The van der Waals surface area contributed by atoms with Crippen LogP contribution in [-0.4, -0.2) is 26.1 Å². The zero-order chi connectivity index (χ0) is 17.1. The Hall–Kier alpha value is -3.20. The Morgan fingerprint density at radius 1 is 1.25 bits per heavy atom. The van der Waals surface area contributed by atoms with Gasteiger partial charge in [-0.3, -0.25) is 20.4 Å². The van der Waals surface area contributed by atoms with Crippen molar-refractivity contribution in [3.8, 4) is 0 Å². The Morgan fingerprint density at radius 3 is 2.75 bits per heavy atom. The summed E-state index contributed by atoms with van der Waals surface area (Å²) in [7, 11) is 0. The van der Waals surface area contributed by atoms with Crippen molar-refractivity contribution in [1.82, 2.24) is 25.6 Å². The van der Waals surface area contributed by atoms with Gasteiger partial charge in [0.25, 0.3) is 5.56 Å². The number of aromatic amines is 1. The lowest BCUT2D eigenvalue weighted by Gasteiger charge is -2.09. The summed E-state index contributed by atoms with van der Waals surface area (Å²) in [5.74, 6) is -0.152. The number of nitrogen functional groups attached to an aromatic ring is 1. The van der Waals surface area contributed by atoms with E-state index in [1.807, 2.05) is 0 Å². The smallest absolute Gasteiger partial charge is 0.272 e. The third-order valence-electron chi connectivity index (χ3n) is 3.15. The fraction of sp³-hybridized carbons (Fsp3) is 0.0714. The lowest BCUT2D eigenvalue weighted by atomic mass is 10.1. The minimum Gasteiger partial charge on any atom is -0.368 e. The number of halogens is 1. The molecule has 1 aromatic carbocycles. The third-order valence-corrected chi connectivity index (χ3v) is 3.34. The number of carbonyl (C=O) groups is 1. The summed E-state index contributed by atoms with van der Waals surface area (Å²) in [6.07, 6.45) is -0.0431. The van der Waals surface area contributed by atoms with Gasteiger partial charge in [0.15, 0.2) is 5.82 Å². The zero-order valence-corrected chi connectivity index (χ0v) is 13.0. The number of nitrogens with zero attached hydrogens (tertiary/aromatic N) is 3. The number of aromatic nitrogens is 4. The number of nitrogens with two attached hydrogens (primary N) is 1. The van der Waals surface area contributed by atoms with Crippen molar-refractivity contribution < 1.29 is 4.79 Å². The first-order valence-electron chi connectivity index (χ1n) is 6.84. The highest BCUT2D eigenvalue weighted by atomic mass is 35.5. The normalized spacial score (nSPS) is 10.5. The van der Waals surface area contributed by atoms with E-state index in [4.69, 9.17) is 17.3 Å². The van der Waals surface area contributed by atoms with E-state index < -0.39 is 0 Å². The van der Waals surface area contributed by atoms with Crippen molar-refractivity contribution in [2.45, 2.75) is 6.42 Å². The molecule has 3 aromatic rings. The summed E-state index contributed by atoms with van der Waals surface area (Å²) >= 11 is 5.75. The second kappa shape index (κ2) is 6.50. The van der Waals surface area contributed by atoms with Gasteiger partial charge < -0.3 is 5.73 Å². The fourth-order valence-corrected chi connectivity index (χ4v) is 2.33. The molecule has 1 amide bonds. The van der Waals surface area contributed by atoms with Crippen molar-refractivity contribution in [3.05, 3.63) is 51.5 Å². The lowest BCUT2D eigenvalue weighted by Crippen LogP contribution is -2.32. The number of H-pyrrole nitrogens is 1. The summed E-state index contributed by atoms with van der Waals surface area (Å²) in [5, 5.41) is 7.55. The number of amides is 1. The van der Waals surface area contributed by atoms with Crippen LogP contribution in [0.3, 0.4) is 0 Å². The minimum atomic E-state index is -0.381. The predicted molar refractivity (Wildman–Crippen MR) is 89.3 cm³/mol. The molecule has 122 valence electrons. The molecule has 0 aliphatic rings. The average molecular weight is 346 g/mol. The second-order valence-electron chi connectivity index (χ2n) is 4.83. The third kappa shape index (κ3) is 3.41. The molecule has 3 rings (SSSR count). The van der Waals surface area contributed by atoms with E-state index in [9.17, 15) is 9.59 Å². The number of hydrazine groups is 1. The average Bonchev–Trinajstić information content (AvgIpc) is 2.55. The van der Waals surface area contributed by atoms with Crippen molar-refractivity contribution in [2.24, 2.45) is 0 Å². The quantitative estimate of drug-likeness (QED) is 0.402. The molecule has 0 atom stereocenters. The molecule has 9 nitrogen and oxygen atoms in total. The van der Waals surface area contributed by atoms with Crippen LogP contribution in [0.1, 0.15) is 5.69 Å². The van der Waals surface area contributed by atoms with Crippen LogP contribution < -0.4 is 22.1 Å². The van der Waals surface area contributed by atoms with Gasteiger partial charge in [0.2, 0.25) is 11.9 Å². The second-order valence-corrected chi connectivity index (χ2v) is 5.22. The number of benzene rings is 1. The van der Waals surface area contributed by atoms with Gasteiger partial charge in [-0.2, -0.15) is 10.1 Å². The lowest BCUT2D eigenvalue weighted by molar-refractivity contribution is -0.120. The van der Waals surface area contributed by atoms with Crippen molar-refractivity contribution in [3.63, 3.8) is 0 Å². The van der Waals surface area contributed by atoms with Gasteiger partial charge in [-0.15, -0.1) is 0 Å². The van der Waals surface area contributed by atoms with Crippen LogP contribution in [0.2, 0.25) is 5.15 Å². The molecule has 0 bridgehead atoms. The Balaban J connectivity index is 1.74. The molecule has 0 aliphatic heterocycles. The maximum atomic E-state index is 12.1. The van der Waals surface area contributed by atoms with E-state index in [1.54, 1.807) is 24.3 Å². The predicted octanol–water partition coefficient (Wildman–Crippen LogP) is 0.634. The topological polar surface area (TPSA) is 139 Å². The van der Waals surface area contributed by atoms with Crippen molar-refractivity contribution in [2.75, 3.05) is 11.2 Å². The van der Waals surface area contributed by atoms with Gasteiger partial charge >= 0.3 is 0 Å². The van der Waals surface area contributed by atoms with Crippen LogP contribution in [0, 0.1) is 0 Å². The maximum absolute atomic E-state index is 12.1. The van der Waals surface area contributed by atoms with E-state index in [1.165, 1.54) is 6.07 Å². The van der Waals surface area contributed by atoms with Crippen LogP contribution in [-0.2, 0) is 11.2 Å². The first-order chi connectivity index (χ1) is 11.5. The molecule has 0 unspecified atom stereocenters. The molecule has 2 aromatic heterocycles. The van der Waals surface area contributed by atoms with E-state index in [2.05, 4.69) is 31.0 Å². The summed E-state index contributed by atoms with van der Waals surface area (Å²) in [4.78, 5) is 31.4. The number of hydrogen-bond donors (Lipinski definition) is 4. The van der Waals surface area contributed by atoms with Gasteiger partial charge in [0.1, 0.15) is 5.15 Å². The number of carbonyl (C=O) groups excluding carboxylic acids is 1. The molecule has 0 spiro atoms. The molecular weight excluding hydrogens is 334 g/mol. The Kier molecular flexibility index (Phi) is 4.25. The highest BCUT2D eigenvalue weighted by Gasteiger charge is 2.11. The van der Waals surface area contributed by atoms with E-state index >= 15 is 0 Å². The summed E-state index contributed by atoms with van der Waals surface area (Å²) in [6, 6.07) is 8.33. The van der Waals surface area contributed by atoms with E-state index in [-0.39, 0.29) is 34.8 Å². The van der Waals surface area contributed by atoms with E-state index in [0.29, 0.717) is 16.5 Å². The number of hydrogen-bond acceptors (Lipinski definition) is 7. The Bertz CT molecular complexity index is 952. The monoisotopic (exact) mass is 345 g/mol. The van der Waals surface area contributed by atoms with Gasteiger partial charge in [-0.05, 0) is 6.07 Å². The van der Waals surface area contributed by atoms with Gasteiger partial charge in [-0.25, -0.2) is 10.1 Å². The summed E-state index contributed by atoms with van der Waals surface area (Å²) in [6.45, 7) is 0. The van der Waals surface area contributed by atoms with Crippen molar-refractivity contribution in [1.29, 1.82) is 0 Å². The van der Waals surface area contributed by atoms with Gasteiger partial charge in [0.05, 0.1) is 17.5 Å². The molecule has 0 fully saturated rings. The van der Waals surface area contributed by atoms with Crippen LogP contribution >= 0.6 is 11.6 Å². The fourth-order valence-electron chi connectivity index (χ4n) is 2.14. The first kappa shape index (κ1) is 15.7. The number of nitrogens with one attached hydrogen (secondary N) is 3. The number of rotatable bonds is 4. The minimum absolute atomic E-state index is 0.0208. The van der Waals surface area contributed by atoms with Crippen LogP contribution in [0.15, 0.2) is 35.1 Å². The van der Waals surface area contributed by atoms with Crippen molar-refractivity contribution >= 4 is 40.0 Å². The summed E-state index contributed by atoms with van der Waals surface area (Å²) < 4.78 is 0. The molecular formula is C14H12ClN7O2. The number of fused-ring (bicyclic) bond motifs is 1. The zero-order valence-electron chi connectivity index (χ0n) is 12.2. The maximum Gasteiger partial charge on any atom is 0.272 e. The van der Waals surface area contributed by atoms with Crippen LogP contribution in [0.4, 0.5) is 11.8 Å². The molecule has 2 heterocycles. The highest BCUT2D eigenvalue weighted by molar-refractivity contribution is 6.29. The molecule has 5 N–H and O–H groups in total. The van der Waals surface area contributed by atoms with Gasteiger partial charge in [-0.1, -0.05) is 29.8 Å². The first-order valence-corrected chi connectivity index (χ1v) is 7.22. The van der Waals surface area contributed by atoms with Crippen LogP contribution in [0.5, 0.6) is 0 Å². The standard InChI is InChI=1S/C14H12ClN7O2/c15-10-6-11(18-14(16)17-10)20-21-12(23)5-9-7-3-1-2-4-8(7)13(24)22-19-9/h1-4,6H,5H2,(H,21,23)(H,22,24)(H3,16,17,18,20). The summed E-state index contributed by atoms with van der Waals surface area (Å²) in [5.41, 5.74) is 10.7. The molecule has 0 radical (unpaired) electrons. The molecule has 0 aliphatic carbocycles. The SMILES string of the molecule is Nc1nc(Cl)cc(NNC(=O)Cc2n[nH]c(=O)c3ccccc23)n1. The molecule has 0 saturated heterocycles. The molecule has 24 heavy (non-hydrogen) atoms. The largest absolute Gasteiger partial charge is 0.368 e. The van der Waals surface area contributed by atoms with E-state index in [0.717, 1.165) is 0 Å². The molecule has 10 heteroatoms. The Labute approximate surface area is 140 Å². The Morgan fingerprint density at radius 2 is 2.00 bits per heavy atom.